The van der Waals surface area contributed by atoms with E-state index < -0.39 is 0 Å². The summed E-state index contributed by atoms with van der Waals surface area (Å²) in [5, 5.41) is 10.1. The second kappa shape index (κ2) is 4.48. The van der Waals surface area contributed by atoms with Crippen LogP contribution in [0.25, 0.3) is 0 Å². The van der Waals surface area contributed by atoms with E-state index in [1.807, 2.05) is 31.2 Å². The van der Waals surface area contributed by atoms with Crippen LogP contribution in [0.15, 0.2) is 24.3 Å². The molecule has 0 saturated heterocycles. The number of hydrogen-bond donors (Lipinski definition) is 1. The Labute approximate surface area is 78.0 Å². The average molecular weight is 185 g/mol. The van der Waals surface area contributed by atoms with Crippen LogP contribution in [0.1, 0.15) is 18.9 Å². The van der Waals surface area contributed by atoms with Crippen molar-refractivity contribution >= 4 is 11.6 Å². The van der Waals surface area contributed by atoms with Gasteiger partial charge in [-0.05, 0) is 30.5 Å². The first kappa shape index (κ1) is 9.56. The van der Waals surface area contributed by atoms with Crippen LogP contribution in [-0.4, -0.2) is 11.2 Å². The summed E-state index contributed by atoms with van der Waals surface area (Å²) in [5.74, 6) is 0. The number of halogens is 1. The van der Waals surface area contributed by atoms with Gasteiger partial charge < -0.3 is 5.11 Å². The van der Waals surface area contributed by atoms with Crippen LogP contribution >= 0.6 is 11.6 Å². The standard InChI is InChI=1S/C10H13ClO/c1-2-10(12)7-8-3-5-9(11)6-4-8/h3-6,10,12H,2,7H2,1H3. The fourth-order valence-electron chi connectivity index (χ4n) is 1.04. The SMILES string of the molecule is CCC(O)Cc1ccc(Cl)cc1. The van der Waals surface area contributed by atoms with Gasteiger partial charge in [-0.3, -0.25) is 0 Å². The quantitative estimate of drug-likeness (QED) is 0.766. The molecule has 1 N–H and O–H groups in total. The van der Waals surface area contributed by atoms with Gasteiger partial charge in [-0.15, -0.1) is 0 Å². The van der Waals surface area contributed by atoms with Crippen molar-refractivity contribution in [2.75, 3.05) is 0 Å². The molecule has 1 nitrogen and oxygen atoms in total. The van der Waals surface area contributed by atoms with Gasteiger partial charge in [0.25, 0.3) is 0 Å². The molecule has 1 aromatic carbocycles. The van der Waals surface area contributed by atoms with Crippen LogP contribution in [0.2, 0.25) is 5.02 Å². The third-order valence-corrected chi connectivity index (χ3v) is 2.11. The molecule has 0 amide bonds. The van der Waals surface area contributed by atoms with Gasteiger partial charge >= 0.3 is 0 Å². The molecule has 0 fully saturated rings. The van der Waals surface area contributed by atoms with Crippen molar-refractivity contribution in [2.24, 2.45) is 0 Å². The largest absolute Gasteiger partial charge is 0.393 e. The van der Waals surface area contributed by atoms with E-state index in [1.165, 1.54) is 0 Å². The monoisotopic (exact) mass is 184 g/mol. The maximum atomic E-state index is 9.35. The Morgan fingerprint density at radius 3 is 2.42 bits per heavy atom. The minimum Gasteiger partial charge on any atom is -0.393 e. The first-order valence-electron chi connectivity index (χ1n) is 4.15. The molecule has 1 atom stereocenters. The molecule has 12 heavy (non-hydrogen) atoms. The Morgan fingerprint density at radius 1 is 1.33 bits per heavy atom. The molecule has 0 aliphatic carbocycles. The van der Waals surface area contributed by atoms with E-state index in [0.29, 0.717) is 6.42 Å². The number of hydrogen-bond acceptors (Lipinski definition) is 1. The molecule has 66 valence electrons. The lowest BCUT2D eigenvalue weighted by Gasteiger charge is -2.06. The van der Waals surface area contributed by atoms with Crippen molar-refractivity contribution in [3.8, 4) is 0 Å². The summed E-state index contributed by atoms with van der Waals surface area (Å²) >= 11 is 5.72. The van der Waals surface area contributed by atoms with E-state index in [4.69, 9.17) is 11.6 Å². The van der Waals surface area contributed by atoms with Crippen molar-refractivity contribution in [3.05, 3.63) is 34.9 Å². The van der Waals surface area contributed by atoms with Crippen LogP contribution in [0.4, 0.5) is 0 Å². The van der Waals surface area contributed by atoms with E-state index in [1.54, 1.807) is 0 Å². The molecule has 0 aliphatic heterocycles. The number of aliphatic hydroxyl groups excluding tert-OH is 1. The molecule has 1 unspecified atom stereocenters. The summed E-state index contributed by atoms with van der Waals surface area (Å²) in [7, 11) is 0. The van der Waals surface area contributed by atoms with Crippen LogP contribution in [-0.2, 0) is 6.42 Å². The molecule has 1 rings (SSSR count). The summed E-state index contributed by atoms with van der Waals surface area (Å²) in [6, 6.07) is 7.58. The third kappa shape index (κ3) is 2.84. The lowest BCUT2D eigenvalue weighted by molar-refractivity contribution is 0.171. The van der Waals surface area contributed by atoms with Crippen molar-refractivity contribution in [3.63, 3.8) is 0 Å². The minimum absolute atomic E-state index is 0.230. The number of benzene rings is 1. The minimum atomic E-state index is -0.230. The van der Waals surface area contributed by atoms with Gasteiger partial charge in [0, 0.05) is 5.02 Å². The average Bonchev–Trinajstić information content (AvgIpc) is 2.09. The first-order chi connectivity index (χ1) is 5.72. The second-order valence-corrected chi connectivity index (χ2v) is 3.33. The fraction of sp³-hybridized carbons (Fsp3) is 0.400. The molecule has 0 aromatic heterocycles. The lowest BCUT2D eigenvalue weighted by atomic mass is 10.1. The van der Waals surface area contributed by atoms with Crippen LogP contribution in [0.3, 0.4) is 0 Å². The molecule has 0 radical (unpaired) electrons. The van der Waals surface area contributed by atoms with Gasteiger partial charge in [0.2, 0.25) is 0 Å². The van der Waals surface area contributed by atoms with E-state index in [0.717, 1.165) is 17.0 Å². The van der Waals surface area contributed by atoms with Crippen molar-refractivity contribution in [1.82, 2.24) is 0 Å². The summed E-state index contributed by atoms with van der Waals surface area (Å²) in [6.07, 6.45) is 1.28. The highest BCUT2D eigenvalue weighted by atomic mass is 35.5. The highest BCUT2D eigenvalue weighted by molar-refractivity contribution is 6.30. The molecule has 0 bridgehead atoms. The molecule has 1 aromatic rings. The smallest absolute Gasteiger partial charge is 0.0577 e. The van der Waals surface area contributed by atoms with E-state index in [9.17, 15) is 5.11 Å². The maximum absolute atomic E-state index is 9.35. The van der Waals surface area contributed by atoms with Crippen LogP contribution in [0, 0.1) is 0 Å². The summed E-state index contributed by atoms with van der Waals surface area (Å²) in [6.45, 7) is 1.97. The van der Waals surface area contributed by atoms with E-state index in [-0.39, 0.29) is 6.10 Å². The Bertz CT molecular complexity index is 230. The summed E-state index contributed by atoms with van der Waals surface area (Å²) in [5.41, 5.74) is 1.13. The van der Waals surface area contributed by atoms with E-state index in [2.05, 4.69) is 0 Å². The predicted molar refractivity (Wildman–Crippen MR) is 51.5 cm³/mol. The number of aliphatic hydroxyl groups is 1. The van der Waals surface area contributed by atoms with Crippen molar-refractivity contribution in [2.45, 2.75) is 25.9 Å². The number of rotatable bonds is 3. The molecular weight excluding hydrogens is 172 g/mol. The van der Waals surface area contributed by atoms with Gasteiger partial charge in [-0.1, -0.05) is 30.7 Å². The third-order valence-electron chi connectivity index (χ3n) is 1.86. The Morgan fingerprint density at radius 2 is 1.92 bits per heavy atom. The zero-order valence-electron chi connectivity index (χ0n) is 7.13. The summed E-state index contributed by atoms with van der Waals surface area (Å²) < 4.78 is 0. The highest BCUT2D eigenvalue weighted by Crippen LogP contribution is 2.11. The Balaban J connectivity index is 2.58. The fourth-order valence-corrected chi connectivity index (χ4v) is 1.16. The van der Waals surface area contributed by atoms with Gasteiger partial charge in [0.15, 0.2) is 0 Å². The maximum Gasteiger partial charge on any atom is 0.0577 e. The highest BCUT2D eigenvalue weighted by Gasteiger charge is 2.01. The Hall–Kier alpha value is -0.530. The van der Waals surface area contributed by atoms with Gasteiger partial charge in [-0.25, -0.2) is 0 Å². The zero-order valence-corrected chi connectivity index (χ0v) is 7.88. The predicted octanol–water partition coefficient (Wildman–Crippen LogP) is 2.65. The van der Waals surface area contributed by atoms with E-state index >= 15 is 0 Å². The van der Waals surface area contributed by atoms with Crippen LogP contribution in [0.5, 0.6) is 0 Å². The van der Waals surface area contributed by atoms with Gasteiger partial charge in [0.1, 0.15) is 0 Å². The molecule has 0 spiro atoms. The normalized spacial score (nSPS) is 12.9. The summed E-state index contributed by atoms with van der Waals surface area (Å²) in [4.78, 5) is 0. The second-order valence-electron chi connectivity index (χ2n) is 2.89. The van der Waals surface area contributed by atoms with Crippen molar-refractivity contribution in [1.29, 1.82) is 0 Å². The molecule has 0 saturated carbocycles. The molecule has 2 heteroatoms. The van der Waals surface area contributed by atoms with Crippen molar-refractivity contribution < 1.29 is 5.11 Å². The first-order valence-corrected chi connectivity index (χ1v) is 4.52. The van der Waals surface area contributed by atoms with Gasteiger partial charge in [0.05, 0.1) is 6.10 Å². The topological polar surface area (TPSA) is 20.2 Å². The molecular formula is C10H13ClO. The Kier molecular flexibility index (Phi) is 3.57. The molecule has 0 heterocycles. The van der Waals surface area contributed by atoms with Crippen LogP contribution < -0.4 is 0 Å². The zero-order chi connectivity index (χ0) is 8.97. The van der Waals surface area contributed by atoms with Gasteiger partial charge in [-0.2, -0.15) is 0 Å². The molecule has 0 aliphatic rings. The lowest BCUT2D eigenvalue weighted by Crippen LogP contribution is -2.07.